The Morgan fingerprint density at radius 2 is 2.27 bits per heavy atom. The van der Waals surface area contributed by atoms with Gasteiger partial charge in [-0.1, -0.05) is 41.7 Å². The molecule has 0 unspecified atom stereocenters. The summed E-state index contributed by atoms with van der Waals surface area (Å²) in [6.07, 6.45) is 2.05. The highest BCUT2D eigenvalue weighted by Crippen LogP contribution is 2.26. The van der Waals surface area contributed by atoms with Crippen LogP contribution < -0.4 is 5.32 Å². The van der Waals surface area contributed by atoms with Crippen LogP contribution in [0, 0.1) is 0 Å². The van der Waals surface area contributed by atoms with Crippen LogP contribution >= 0.6 is 23.5 Å². The minimum absolute atomic E-state index is 0.0729. The van der Waals surface area contributed by atoms with Crippen LogP contribution in [0.25, 0.3) is 0 Å². The zero-order chi connectivity index (χ0) is 18.2. The summed E-state index contributed by atoms with van der Waals surface area (Å²) in [4.78, 5) is 28.6. The Bertz CT molecular complexity index is 675. The lowest BCUT2D eigenvalue weighted by atomic mass is 10.1. The van der Waals surface area contributed by atoms with Crippen LogP contribution in [0.3, 0.4) is 0 Å². The molecule has 0 bridgehead atoms. The number of carbonyl (C=O) groups excluding carboxylic acids is 2. The molecule has 1 aromatic carbocycles. The van der Waals surface area contributed by atoms with Gasteiger partial charge in [-0.25, -0.2) is 4.79 Å². The number of amides is 1. The minimum atomic E-state index is -0.477. The summed E-state index contributed by atoms with van der Waals surface area (Å²) in [5, 5.41) is 2.74. The molecule has 1 saturated heterocycles. The first-order chi connectivity index (χ1) is 12.7. The van der Waals surface area contributed by atoms with Crippen LogP contribution in [-0.4, -0.2) is 54.4 Å². The number of hydrogen-bond donors (Lipinski definition) is 1. The van der Waals surface area contributed by atoms with Gasteiger partial charge < -0.3 is 14.8 Å². The van der Waals surface area contributed by atoms with Crippen molar-refractivity contribution < 1.29 is 19.1 Å². The maximum atomic E-state index is 12.4. The molecule has 1 amide bonds. The molecule has 6 nitrogen and oxygen atoms in total. The van der Waals surface area contributed by atoms with Crippen LogP contribution in [0.15, 0.2) is 29.3 Å². The van der Waals surface area contributed by atoms with Crippen molar-refractivity contribution in [1.29, 1.82) is 0 Å². The van der Waals surface area contributed by atoms with Crippen LogP contribution in [0.5, 0.6) is 0 Å². The van der Waals surface area contributed by atoms with Crippen LogP contribution in [0.1, 0.15) is 28.8 Å². The average Bonchev–Trinajstić information content (AvgIpc) is 3.36. The highest BCUT2D eigenvalue weighted by atomic mass is 32.2. The van der Waals surface area contributed by atoms with Crippen LogP contribution in [0.4, 0.5) is 0 Å². The molecule has 26 heavy (non-hydrogen) atoms. The topological polar surface area (TPSA) is 77.0 Å². The van der Waals surface area contributed by atoms with Gasteiger partial charge in [0.1, 0.15) is 4.38 Å². The first-order valence-electron chi connectivity index (χ1n) is 8.66. The SMILES string of the molecule is O=C(COC(=O)c1ccccc1CSC1=NCCS1)NC[C@H]1CCCO1. The number of nitrogens with zero attached hydrogens (tertiary/aromatic N) is 1. The zero-order valence-corrected chi connectivity index (χ0v) is 16.1. The molecule has 2 aliphatic heterocycles. The molecule has 2 heterocycles. The molecule has 1 fully saturated rings. The van der Waals surface area contributed by atoms with Crippen LogP contribution in [-0.2, 0) is 20.0 Å². The van der Waals surface area contributed by atoms with E-state index in [1.54, 1.807) is 35.7 Å². The van der Waals surface area contributed by atoms with Crippen molar-refractivity contribution in [3.63, 3.8) is 0 Å². The fraction of sp³-hybridized carbons (Fsp3) is 0.500. The molecule has 0 radical (unpaired) electrons. The van der Waals surface area contributed by atoms with E-state index in [2.05, 4.69) is 10.3 Å². The normalized spacial score (nSPS) is 19.2. The van der Waals surface area contributed by atoms with E-state index in [1.807, 2.05) is 12.1 Å². The van der Waals surface area contributed by atoms with Gasteiger partial charge in [-0.05, 0) is 24.5 Å². The number of rotatable bonds is 7. The largest absolute Gasteiger partial charge is 0.452 e. The van der Waals surface area contributed by atoms with E-state index in [4.69, 9.17) is 9.47 Å². The number of nitrogens with one attached hydrogen (secondary N) is 1. The smallest absolute Gasteiger partial charge is 0.338 e. The molecule has 1 aromatic rings. The third-order valence-electron chi connectivity index (χ3n) is 4.03. The second kappa shape index (κ2) is 9.99. The molecule has 8 heteroatoms. The summed E-state index contributed by atoms with van der Waals surface area (Å²) in [5.74, 6) is 0.891. The van der Waals surface area contributed by atoms with Gasteiger partial charge in [0.15, 0.2) is 6.61 Å². The third-order valence-corrected chi connectivity index (χ3v) is 6.33. The van der Waals surface area contributed by atoms with E-state index >= 15 is 0 Å². The van der Waals surface area contributed by atoms with Crippen molar-refractivity contribution >= 4 is 39.8 Å². The quantitative estimate of drug-likeness (QED) is 0.716. The predicted molar refractivity (Wildman–Crippen MR) is 105 cm³/mol. The first-order valence-corrected chi connectivity index (χ1v) is 10.6. The van der Waals surface area contributed by atoms with Crippen molar-refractivity contribution in [2.45, 2.75) is 24.7 Å². The van der Waals surface area contributed by atoms with E-state index in [0.717, 1.165) is 41.7 Å². The Hall–Kier alpha value is -1.51. The Labute approximate surface area is 161 Å². The maximum Gasteiger partial charge on any atom is 0.338 e. The first kappa shape index (κ1) is 19.3. The Morgan fingerprint density at radius 3 is 3.04 bits per heavy atom. The number of carbonyl (C=O) groups is 2. The van der Waals surface area contributed by atoms with Gasteiger partial charge in [0.25, 0.3) is 5.91 Å². The monoisotopic (exact) mass is 394 g/mol. The number of hydrogen-bond acceptors (Lipinski definition) is 7. The number of thioether (sulfide) groups is 2. The minimum Gasteiger partial charge on any atom is -0.452 e. The van der Waals surface area contributed by atoms with E-state index in [-0.39, 0.29) is 18.6 Å². The molecule has 0 aromatic heterocycles. The summed E-state index contributed by atoms with van der Waals surface area (Å²) in [5.41, 5.74) is 1.38. The van der Waals surface area contributed by atoms with Crippen molar-refractivity contribution in [3.8, 4) is 0 Å². The fourth-order valence-electron chi connectivity index (χ4n) is 2.68. The Morgan fingerprint density at radius 1 is 1.38 bits per heavy atom. The van der Waals surface area contributed by atoms with Gasteiger partial charge >= 0.3 is 5.97 Å². The molecule has 0 aliphatic carbocycles. The van der Waals surface area contributed by atoms with Gasteiger partial charge in [0, 0.05) is 24.7 Å². The van der Waals surface area contributed by atoms with E-state index in [0.29, 0.717) is 17.9 Å². The number of aliphatic imine (C=N–C) groups is 1. The van der Waals surface area contributed by atoms with E-state index in [9.17, 15) is 9.59 Å². The number of benzene rings is 1. The highest BCUT2D eigenvalue weighted by Gasteiger charge is 2.18. The maximum absolute atomic E-state index is 12.4. The summed E-state index contributed by atoms with van der Waals surface area (Å²) in [6.45, 7) is 1.78. The molecular weight excluding hydrogens is 372 g/mol. The lowest BCUT2D eigenvalue weighted by Crippen LogP contribution is -2.34. The van der Waals surface area contributed by atoms with Gasteiger partial charge in [-0.15, -0.1) is 0 Å². The molecule has 1 N–H and O–H groups in total. The molecule has 2 aliphatic rings. The van der Waals surface area contributed by atoms with Gasteiger partial charge in [-0.3, -0.25) is 9.79 Å². The van der Waals surface area contributed by atoms with Gasteiger partial charge in [-0.2, -0.15) is 0 Å². The van der Waals surface area contributed by atoms with E-state index < -0.39 is 5.97 Å². The molecule has 140 valence electrons. The van der Waals surface area contributed by atoms with Crippen molar-refractivity contribution in [3.05, 3.63) is 35.4 Å². The molecular formula is C18H22N2O4S2. The second-order valence-corrected chi connectivity index (χ2v) is 8.26. The number of esters is 1. The molecule has 1 atom stereocenters. The Balaban J connectivity index is 1.46. The fourth-order valence-corrected chi connectivity index (χ4v) is 4.69. The second-order valence-electron chi connectivity index (χ2n) is 5.96. The van der Waals surface area contributed by atoms with Gasteiger partial charge in [0.05, 0.1) is 18.2 Å². The van der Waals surface area contributed by atoms with Crippen molar-refractivity contribution in [2.24, 2.45) is 4.99 Å². The standard InChI is InChI=1S/C18H22N2O4S2/c21-16(20-10-14-5-3-8-23-14)11-24-17(22)15-6-2-1-4-13(15)12-26-18-19-7-9-25-18/h1-2,4,6,14H,3,5,7-12H2,(H,20,21)/t14-/m1/s1. The summed E-state index contributed by atoms with van der Waals surface area (Å²) in [6, 6.07) is 7.32. The highest BCUT2D eigenvalue weighted by molar-refractivity contribution is 8.38. The zero-order valence-electron chi connectivity index (χ0n) is 14.4. The summed E-state index contributed by atoms with van der Waals surface area (Å²) < 4.78 is 11.7. The summed E-state index contributed by atoms with van der Waals surface area (Å²) in [7, 11) is 0. The van der Waals surface area contributed by atoms with Crippen molar-refractivity contribution in [2.75, 3.05) is 32.1 Å². The predicted octanol–water partition coefficient (Wildman–Crippen LogP) is 2.47. The van der Waals surface area contributed by atoms with E-state index in [1.165, 1.54) is 0 Å². The Kier molecular flexibility index (Phi) is 7.40. The average molecular weight is 395 g/mol. The van der Waals surface area contributed by atoms with Crippen molar-refractivity contribution in [1.82, 2.24) is 5.32 Å². The molecule has 3 rings (SSSR count). The molecule has 0 spiro atoms. The van der Waals surface area contributed by atoms with Gasteiger partial charge in [0.2, 0.25) is 0 Å². The lowest BCUT2D eigenvalue weighted by molar-refractivity contribution is -0.124. The lowest BCUT2D eigenvalue weighted by Gasteiger charge is -2.12. The number of ether oxygens (including phenoxy) is 2. The molecule has 0 saturated carbocycles. The third kappa shape index (κ3) is 5.75. The van der Waals surface area contributed by atoms with Crippen LogP contribution in [0.2, 0.25) is 0 Å². The summed E-state index contributed by atoms with van der Waals surface area (Å²) >= 11 is 3.37.